The van der Waals surface area contributed by atoms with E-state index in [9.17, 15) is 13.2 Å². The summed E-state index contributed by atoms with van der Waals surface area (Å²) in [4.78, 5) is 12.1. The third kappa shape index (κ3) is 4.67. The van der Waals surface area contributed by atoms with Gasteiger partial charge in [-0.15, -0.1) is 12.4 Å². The molecule has 118 valence electrons. The van der Waals surface area contributed by atoms with Crippen molar-refractivity contribution in [3.8, 4) is 0 Å². The summed E-state index contributed by atoms with van der Waals surface area (Å²) in [6, 6.07) is 6.22. The highest BCUT2D eigenvalue weighted by molar-refractivity contribution is 7.89. The minimum absolute atomic E-state index is 0. The number of halogens is 1. The smallest absolute Gasteiger partial charge is 0.251 e. The molecule has 0 spiro atoms. The molecule has 0 saturated carbocycles. The van der Waals surface area contributed by atoms with Crippen LogP contribution >= 0.6 is 12.4 Å². The largest absolute Gasteiger partial charge is 0.350 e. The van der Waals surface area contributed by atoms with Crippen molar-refractivity contribution >= 4 is 28.3 Å². The fourth-order valence-electron chi connectivity index (χ4n) is 2.15. The second-order valence-electron chi connectivity index (χ2n) is 4.74. The molecule has 1 heterocycles. The van der Waals surface area contributed by atoms with Crippen LogP contribution in [-0.2, 0) is 10.0 Å². The molecule has 21 heavy (non-hydrogen) atoms. The van der Waals surface area contributed by atoms with Gasteiger partial charge in [-0.1, -0.05) is 0 Å². The average Bonchev–Trinajstić information content (AvgIpc) is 2.98. The van der Waals surface area contributed by atoms with Crippen LogP contribution in [0.1, 0.15) is 23.2 Å². The van der Waals surface area contributed by atoms with Crippen molar-refractivity contribution in [3.63, 3.8) is 0 Å². The molecule has 0 aliphatic carbocycles. The molecule has 8 heteroatoms. The number of rotatable bonds is 5. The Morgan fingerprint density at radius 2 is 2.00 bits per heavy atom. The highest BCUT2D eigenvalue weighted by Crippen LogP contribution is 2.10. The Bertz CT molecular complexity index is 569. The number of sulfonamides is 1. The number of nitrogens with one attached hydrogen (secondary N) is 3. The molecule has 0 radical (unpaired) electrons. The predicted molar refractivity (Wildman–Crippen MR) is 83.3 cm³/mol. The zero-order valence-corrected chi connectivity index (χ0v) is 13.4. The first kappa shape index (κ1) is 17.9. The first-order chi connectivity index (χ1) is 9.53. The Hall–Kier alpha value is -1.15. The number of hydrogen-bond acceptors (Lipinski definition) is 4. The topological polar surface area (TPSA) is 87.3 Å². The van der Waals surface area contributed by atoms with Crippen molar-refractivity contribution in [3.05, 3.63) is 29.8 Å². The van der Waals surface area contributed by atoms with Crippen LogP contribution in [0.25, 0.3) is 0 Å². The number of carbonyl (C=O) groups is 1. The first-order valence-electron chi connectivity index (χ1n) is 6.58. The number of benzene rings is 1. The summed E-state index contributed by atoms with van der Waals surface area (Å²) in [6.07, 6.45) is 2.21. The lowest BCUT2D eigenvalue weighted by Gasteiger charge is -2.11. The molecule has 1 aliphatic rings. The van der Waals surface area contributed by atoms with E-state index in [2.05, 4.69) is 15.4 Å². The summed E-state index contributed by atoms with van der Waals surface area (Å²) >= 11 is 0. The van der Waals surface area contributed by atoms with Crippen LogP contribution < -0.4 is 15.4 Å². The van der Waals surface area contributed by atoms with Crippen LogP contribution in [0, 0.1) is 0 Å². The molecule has 1 unspecified atom stereocenters. The van der Waals surface area contributed by atoms with Gasteiger partial charge in [-0.25, -0.2) is 13.1 Å². The van der Waals surface area contributed by atoms with Crippen molar-refractivity contribution in [1.82, 2.24) is 15.4 Å². The molecule has 1 aliphatic heterocycles. The summed E-state index contributed by atoms with van der Waals surface area (Å²) in [5.41, 5.74) is 0.457. The maximum atomic E-state index is 11.9. The number of hydrogen-bond donors (Lipinski definition) is 3. The standard InChI is InChI=1S/C13H19N3O3S.ClH/c1-14-20(18,19)12-6-4-10(5-7-12)13(17)16-9-11-3-2-8-15-11;/h4-7,11,14-15H,2-3,8-9H2,1H3,(H,16,17);1H. The van der Waals surface area contributed by atoms with Crippen LogP contribution in [0.2, 0.25) is 0 Å². The van der Waals surface area contributed by atoms with Crippen molar-refractivity contribution in [2.45, 2.75) is 23.8 Å². The van der Waals surface area contributed by atoms with Gasteiger partial charge in [0.05, 0.1) is 4.90 Å². The summed E-state index contributed by atoms with van der Waals surface area (Å²) < 4.78 is 25.4. The molecule has 1 saturated heterocycles. The fourth-order valence-corrected chi connectivity index (χ4v) is 2.88. The lowest BCUT2D eigenvalue weighted by molar-refractivity contribution is 0.0950. The number of carbonyl (C=O) groups excluding carboxylic acids is 1. The summed E-state index contributed by atoms with van der Waals surface area (Å²) in [5.74, 6) is -0.188. The molecule has 1 fully saturated rings. The third-order valence-electron chi connectivity index (χ3n) is 3.37. The van der Waals surface area contributed by atoms with E-state index < -0.39 is 10.0 Å². The van der Waals surface area contributed by atoms with E-state index in [0.29, 0.717) is 18.2 Å². The SMILES string of the molecule is CNS(=O)(=O)c1ccc(C(=O)NCC2CCCN2)cc1.Cl. The molecule has 1 aromatic carbocycles. The fraction of sp³-hybridized carbons (Fsp3) is 0.462. The van der Waals surface area contributed by atoms with E-state index in [-0.39, 0.29) is 23.2 Å². The van der Waals surface area contributed by atoms with Gasteiger partial charge in [0, 0.05) is 18.2 Å². The van der Waals surface area contributed by atoms with Gasteiger partial charge >= 0.3 is 0 Å². The van der Waals surface area contributed by atoms with Gasteiger partial charge in [0.1, 0.15) is 0 Å². The first-order valence-corrected chi connectivity index (χ1v) is 8.06. The Labute approximate surface area is 131 Å². The Morgan fingerprint density at radius 3 is 2.52 bits per heavy atom. The van der Waals surface area contributed by atoms with E-state index in [4.69, 9.17) is 0 Å². The van der Waals surface area contributed by atoms with Gasteiger partial charge in [-0.2, -0.15) is 0 Å². The van der Waals surface area contributed by atoms with Crippen molar-refractivity contribution in [2.75, 3.05) is 20.1 Å². The lowest BCUT2D eigenvalue weighted by atomic mass is 10.2. The zero-order chi connectivity index (χ0) is 14.6. The quantitative estimate of drug-likeness (QED) is 0.732. The van der Waals surface area contributed by atoms with Gasteiger partial charge in [-0.05, 0) is 50.7 Å². The molecule has 3 N–H and O–H groups in total. The molecule has 1 aromatic rings. The van der Waals surface area contributed by atoms with Crippen LogP contribution in [0.5, 0.6) is 0 Å². The highest BCUT2D eigenvalue weighted by Gasteiger charge is 2.16. The van der Waals surface area contributed by atoms with Crippen LogP contribution in [0.3, 0.4) is 0 Å². The van der Waals surface area contributed by atoms with E-state index in [1.807, 2.05) is 0 Å². The second kappa shape index (κ2) is 7.74. The van der Waals surface area contributed by atoms with Crippen LogP contribution in [0.4, 0.5) is 0 Å². The molecule has 1 amide bonds. The molecule has 6 nitrogen and oxygen atoms in total. The average molecular weight is 334 g/mol. The molecule has 0 aromatic heterocycles. The van der Waals surface area contributed by atoms with E-state index in [1.54, 1.807) is 0 Å². The second-order valence-corrected chi connectivity index (χ2v) is 6.62. The van der Waals surface area contributed by atoms with Gasteiger partial charge in [-0.3, -0.25) is 4.79 Å². The van der Waals surface area contributed by atoms with Crippen molar-refractivity contribution < 1.29 is 13.2 Å². The molecule has 1 atom stereocenters. The van der Waals surface area contributed by atoms with Gasteiger partial charge < -0.3 is 10.6 Å². The molecular formula is C13H20ClN3O3S. The third-order valence-corrected chi connectivity index (χ3v) is 4.80. The van der Waals surface area contributed by atoms with Gasteiger partial charge in [0.15, 0.2) is 0 Å². The maximum absolute atomic E-state index is 11.9. The van der Waals surface area contributed by atoms with E-state index in [0.717, 1.165) is 19.4 Å². The Balaban J connectivity index is 0.00000220. The van der Waals surface area contributed by atoms with Gasteiger partial charge in [0.25, 0.3) is 5.91 Å². The summed E-state index contributed by atoms with van der Waals surface area (Å²) in [5, 5.41) is 6.14. The normalized spacial score (nSPS) is 18.0. The monoisotopic (exact) mass is 333 g/mol. The summed E-state index contributed by atoms with van der Waals surface area (Å²) in [6.45, 7) is 1.59. The highest BCUT2D eigenvalue weighted by atomic mass is 35.5. The van der Waals surface area contributed by atoms with Gasteiger partial charge in [0.2, 0.25) is 10.0 Å². The minimum Gasteiger partial charge on any atom is -0.350 e. The summed E-state index contributed by atoms with van der Waals surface area (Å²) in [7, 11) is -2.11. The van der Waals surface area contributed by atoms with Crippen LogP contribution in [0.15, 0.2) is 29.2 Å². The zero-order valence-electron chi connectivity index (χ0n) is 11.8. The molecular weight excluding hydrogens is 314 g/mol. The Morgan fingerprint density at radius 1 is 1.33 bits per heavy atom. The predicted octanol–water partition coefficient (Wildman–Crippen LogP) is 0.498. The molecule has 0 bridgehead atoms. The Kier molecular flexibility index (Phi) is 6.60. The minimum atomic E-state index is -3.46. The van der Waals surface area contributed by atoms with E-state index >= 15 is 0 Å². The number of amides is 1. The molecule has 2 rings (SSSR count). The van der Waals surface area contributed by atoms with E-state index in [1.165, 1.54) is 31.3 Å². The lowest BCUT2D eigenvalue weighted by Crippen LogP contribution is -2.37. The maximum Gasteiger partial charge on any atom is 0.251 e. The van der Waals surface area contributed by atoms with Crippen LogP contribution in [-0.4, -0.2) is 40.5 Å². The van der Waals surface area contributed by atoms with Crippen molar-refractivity contribution in [2.24, 2.45) is 0 Å². The van der Waals surface area contributed by atoms with Crippen molar-refractivity contribution in [1.29, 1.82) is 0 Å².